The minimum Gasteiger partial charge on any atom is -0.342 e. The number of hydrogen-bond acceptors (Lipinski definition) is 3. The van der Waals surface area contributed by atoms with Crippen molar-refractivity contribution in [1.82, 2.24) is 20.4 Å². The van der Waals surface area contributed by atoms with Crippen LogP contribution in [0.15, 0.2) is 42.6 Å². The lowest BCUT2D eigenvalue weighted by molar-refractivity contribution is -0.134. The van der Waals surface area contributed by atoms with Crippen molar-refractivity contribution >= 4 is 5.91 Å². The Kier molecular flexibility index (Phi) is 5.64. The monoisotopic (exact) mass is 326 g/mol. The smallest absolute Gasteiger partial charge is 0.230 e. The quantitative estimate of drug-likeness (QED) is 0.858. The van der Waals surface area contributed by atoms with Gasteiger partial charge in [-0.2, -0.15) is 5.10 Å². The van der Waals surface area contributed by atoms with Crippen LogP contribution in [0.4, 0.5) is 0 Å². The van der Waals surface area contributed by atoms with Crippen molar-refractivity contribution in [2.75, 3.05) is 13.1 Å². The molecule has 0 saturated carbocycles. The van der Waals surface area contributed by atoms with Crippen molar-refractivity contribution in [3.63, 3.8) is 0 Å². The number of piperidine rings is 1. The first kappa shape index (κ1) is 16.7. The highest BCUT2D eigenvalue weighted by Gasteiger charge is 2.28. The van der Waals surface area contributed by atoms with Gasteiger partial charge in [-0.25, -0.2) is 0 Å². The third-order valence-corrected chi connectivity index (χ3v) is 4.85. The summed E-state index contributed by atoms with van der Waals surface area (Å²) in [6.45, 7) is 4.57. The minimum atomic E-state index is -0.0132. The van der Waals surface area contributed by atoms with Gasteiger partial charge in [0.15, 0.2) is 0 Å². The van der Waals surface area contributed by atoms with Gasteiger partial charge in [0.2, 0.25) is 5.91 Å². The molecule has 1 atom stereocenters. The lowest BCUT2D eigenvalue weighted by Gasteiger charge is -2.34. The number of likely N-dealkylation sites (tertiary alicyclic amines) is 1. The van der Waals surface area contributed by atoms with Crippen LogP contribution in [0.5, 0.6) is 0 Å². The average Bonchev–Trinajstić information content (AvgIpc) is 3.15. The SMILES string of the molecule is CCC(C(=O)N1CCC(NCc2ccn[nH]2)CC1)c1ccccc1. The van der Waals surface area contributed by atoms with Gasteiger partial charge in [-0.1, -0.05) is 37.3 Å². The number of hydrogen-bond donors (Lipinski definition) is 2. The van der Waals surface area contributed by atoms with Crippen molar-refractivity contribution in [3.8, 4) is 0 Å². The van der Waals surface area contributed by atoms with Gasteiger partial charge in [0, 0.05) is 37.6 Å². The highest BCUT2D eigenvalue weighted by atomic mass is 16.2. The molecule has 2 aromatic rings. The Morgan fingerprint density at radius 2 is 2.04 bits per heavy atom. The standard InChI is InChI=1S/C19H26N4O/c1-2-18(15-6-4-3-5-7-15)19(24)23-12-9-16(10-13-23)20-14-17-8-11-21-22-17/h3-8,11,16,18,20H,2,9-10,12-14H2,1H3,(H,21,22). The van der Waals surface area contributed by atoms with Crippen LogP contribution in [0.25, 0.3) is 0 Å². The summed E-state index contributed by atoms with van der Waals surface area (Å²) in [6, 6.07) is 12.6. The molecule has 1 amide bonds. The lowest BCUT2D eigenvalue weighted by atomic mass is 9.93. The number of rotatable bonds is 6. The molecule has 1 unspecified atom stereocenters. The number of H-pyrrole nitrogens is 1. The molecule has 0 aliphatic carbocycles. The second kappa shape index (κ2) is 8.11. The van der Waals surface area contributed by atoms with Gasteiger partial charge in [-0.3, -0.25) is 9.89 Å². The first-order chi connectivity index (χ1) is 11.8. The van der Waals surface area contributed by atoms with E-state index < -0.39 is 0 Å². The Balaban J connectivity index is 1.51. The fraction of sp³-hybridized carbons (Fsp3) is 0.474. The van der Waals surface area contributed by atoms with Gasteiger partial charge in [0.25, 0.3) is 0 Å². The van der Waals surface area contributed by atoms with Gasteiger partial charge in [-0.05, 0) is 30.9 Å². The molecule has 0 radical (unpaired) electrons. The Hall–Kier alpha value is -2.14. The predicted octanol–water partition coefficient (Wildman–Crippen LogP) is 2.68. The van der Waals surface area contributed by atoms with Gasteiger partial charge in [0.1, 0.15) is 0 Å². The molecule has 5 heteroatoms. The average molecular weight is 326 g/mol. The number of nitrogens with zero attached hydrogens (tertiary/aromatic N) is 2. The summed E-state index contributed by atoms with van der Waals surface area (Å²) >= 11 is 0. The van der Waals surface area contributed by atoms with E-state index in [9.17, 15) is 4.79 Å². The molecule has 1 aromatic carbocycles. The zero-order valence-corrected chi connectivity index (χ0v) is 14.2. The van der Waals surface area contributed by atoms with Crippen LogP contribution in [0.2, 0.25) is 0 Å². The molecule has 2 N–H and O–H groups in total. The molecule has 1 saturated heterocycles. The molecule has 24 heavy (non-hydrogen) atoms. The summed E-state index contributed by atoms with van der Waals surface area (Å²) in [5.41, 5.74) is 2.23. The maximum absolute atomic E-state index is 12.9. The summed E-state index contributed by atoms with van der Waals surface area (Å²) < 4.78 is 0. The van der Waals surface area contributed by atoms with Crippen molar-refractivity contribution in [2.24, 2.45) is 0 Å². The van der Waals surface area contributed by atoms with E-state index >= 15 is 0 Å². The second-order valence-corrected chi connectivity index (χ2v) is 6.43. The van der Waals surface area contributed by atoms with Crippen molar-refractivity contribution in [1.29, 1.82) is 0 Å². The number of benzene rings is 1. The third kappa shape index (κ3) is 4.03. The molecule has 1 aromatic heterocycles. The van der Waals surface area contributed by atoms with Gasteiger partial charge in [0.05, 0.1) is 5.92 Å². The van der Waals surface area contributed by atoms with E-state index in [-0.39, 0.29) is 11.8 Å². The fourth-order valence-corrected chi connectivity index (χ4v) is 3.40. The second-order valence-electron chi connectivity index (χ2n) is 6.43. The largest absolute Gasteiger partial charge is 0.342 e. The molecular weight excluding hydrogens is 300 g/mol. The van der Waals surface area contributed by atoms with E-state index in [0.717, 1.165) is 50.2 Å². The molecule has 128 valence electrons. The number of carbonyl (C=O) groups excluding carboxylic acids is 1. The first-order valence-electron chi connectivity index (χ1n) is 8.83. The van der Waals surface area contributed by atoms with E-state index in [1.807, 2.05) is 29.2 Å². The maximum atomic E-state index is 12.9. The molecule has 5 nitrogen and oxygen atoms in total. The normalized spacial score (nSPS) is 17.0. The Bertz CT molecular complexity index is 618. The van der Waals surface area contributed by atoms with Crippen LogP contribution in [0.3, 0.4) is 0 Å². The summed E-state index contributed by atoms with van der Waals surface area (Å²) in [6.07, 6.45) is 4.63. The highest BCUT2D eigenvalue weighted by Crippen LogP contribution is 2.24. The van der Waals surface area contributed by atoms with Crippen LogP contribution in [-0.2, 0) is 11.3 Å². The number of carbonyl (C=O) groups is 1. The van der Waals surface area contributed by atoms with Crippen LogP contribution >= 0.6 is 0 Å². The maximum Gasteiger partial charge on any atom is 0.230 e. The Labute approximate surface area is 143 Å². The van der Waals surface area contributed by atoms with E-state index in [1.54, 1.807) is 6.20 Å². The molecule has 0 spiro atoms. The zero-order chi connectivity index (χ0) is 16.8. The molecule has 0 bridgehead atoms. The molecule has 3 rings (SSSR count). The van der Waals surface area contributed by atoms with Crippen LogP contribution in [-0.4, -0.2) is 40.1 Å². The summed E-state index contributed by atoms with van der Waals surface area (Å²) in [5, 5.41) is 10.5. The Morgan fingerprint density at radius 3 is 2.67 bits per heavy atom. The number of aromatic nitrogens is 2. The molecule has 1 aliphatic heterocycles. The van der Waals surface area contributed by atoms with Crippen LogP contribution in [0.1, 0.15) is 43.4 Å². The van der Waals surface area contributed by atoms with Gasteiger partial charge < -0.3 is 10.2 Å². The number of nitrogens with one attached hydrogen (secondary N) is 2. The minimum absolute atomic E-state index is 0.0132. The predicted molar refractivity (Wildman–Crippen MR) is 94.5 cm³/mol. The van der Waals surface area contributed by atoms with Crippen molar-refractivity contribution in [3.05, 3.63) is 53.9 Å². The van der Waals surface area contributed by atoms with Gasteiger partial charge >= 0.3 is 0 Å². The molecule has 1 fully saturated rings. The third-order valence-electron chi connectivity index (χ3n) is 4.85. The van der Waals surface area contributed by atoms with E-state index in [1.165, 1.54) is 0 Å². The van der Waals surface area contributed by atoms with Crippen LogP contribution < -0.4 is 5.32 Å². The first-order valence-corrected chi connectivity index (χ1v) is 8.83. The summed E-state index contributed by atoms with van der Waals surface area (Å²) in [5.74, 6) is 0.261. The number of amides is 1. The summed E-state index contributed by atoms with van der Waals surface area (Å²) in [4.78, 5) is 14.9. The Morgan fingerprint density at radius 1 is 1.29 bits per heavy atom. The van der Waals surface area contributed by atoms with Crippen molar-refractivity contribution in [2.45, 2.75) is 44.7 Å². The topological polar surface area (TPSA) is 61.0 Å². The van der Waals surface area contributed by atoms with E-state index in [0.29, 0.717) is 6.04 Å². The molecule has 1 aliphatic rings. The zero-order valence-electron chi connectivity index (χ0n) is 14.2. The van der Waals surface area contributed by atoms with Gasteiger partial charge in [-0.15, -0.1) is 0 Å². The molecular formula is C19H26N4O. The van der Waals surface area contributed by atoms with E-state index in [2.05, 4.69) is 34.6 Å². The summed E-state index contributed by atoms with van der Waals surface area (Å²) in [7, 11) is 0. The number of aromatic amines is 1. The van der Waals surface area contributed by atoms with Crippen molar-refractivity contribution < 1.29 is 4.79 Å². The highest BCUT2D eigenvalue weighted by molar-refractivity contribution is 5.83. The van der Waals surface area contributed by atoms with E-state index in [4.69, 9.17) is 0 Å². The molecule has 2 heterocycles. The van der Waals surface area contributed by atoms with Crippen LogP contribution in [0, 0.1) is 0 Å². The lowest BCUT2D eigenvalue weighted by Crippen LogP contribution is -2.46. The fourth-order valence-electron chi connectivity index (χ4n) is 3.40.